The van der Waals surface area contributed by atoms with Crippen LogP contribution in [0.2, 0.25) is 0 Å². The maximum absolute atomic E-state index is 13.8. The fourth-order valence-electron chi connectivity index (χ4n) is 2.00. The van der Waals surface area contributed by atoms with E-state index in [0.717, 1.165) is 5.56 Å². The SMILES string of the molecule is COc1cccc(CC(=O)c2c(F)cccc2OC)c1. The second-order valence-electron chi connectivity index (χ2n) is 4.27. The Bertz CT molecular complexity index is 623. The highest BCUT2D eigenvalue weighted by Crippen LogP contribution is 2.23. The molecule has 0 bridgehead atoms. The van der Waals surface area contributed by atoms with Crippen molar-refractivity contribution in [3.05, 3.63) is 59.4 Å². The van der Waals surface area contributed by atoms with Gasteiger partial charge in [-0.15, -0.1) is 0 Å². The zero-order valence-electron chi connectivity index (χ0n) is 11.4. The number of carbonyl (C=O) groups excluding carboxylic acids is 1. The average Bonchev–Trinajstić information content (AvgIpc) is 2.46. The number of ether oxygens (including phenoxy) is 2. The molecule has 3 nitrogen and oxygen atoms in total. The topological polar surface area (TPSA) is 35.5 Å². The summed E-state index contributed by atoms with van der Waals surface area (Å²) in [6.45, 7) is 0. The lowest BCUT2D eigenvalue weighted by molar-refractivity contribution is 0.0986. The Morgan fingerprint density at radius 2 is 1.85 bits per heavy atom. The van der Waals surface area contributed by atoms with Crippen LogP contribution >= 0.6 is 0 Å². The lowest BCUT2D eigenvalue weighted by atomic mass is 10.0. The Morgan fingerprint density at radius 3 is 2.55 bits per heavy atom. The maximum atomic E-state index is 13.8. The molecule has 2 aromatic carbocycles. The molecule has 0 aliphatic carbocycles. The summed E-state index contributed by atoms with van der Waals surface area (Å²) in [4.78, 5) is 12.3. The highest BCUT2D eigenvalue weighted by molar-refractivity contribution is 6.00. The standard InChI is InChI=1S/C16H15FO3/c1-19-12-6-3-5-11(9-12)10-14(18)16-13(17)7-4-8-15(16)20-2/h3-9H,10H2,1-2H3. The Morgan fingerprint density at radius 1 is 1.10 bits per heavy atom. The van der Waals surface area contributed by atoms with Crippen molar-refractivity contribution in [2.45, 2.75) is 6.42 Å². The first kappa shape index (κ1) is 14.1. The van der Waals surface area contributed by atoms with Gasteiger partial charge in [-0.2, -0.15) is 0 Å². The molecule has 0 saturated heterocycles. The quantitative estimate of drug-likeness (QED) is 0.785. The smallest absolute Gasteiger partial charge is 0.173 e. The Kier molecular flexibility index (Phi) is 4.35. The van der Waals surface area contributed by atoms with E-state index in [1.54, 1.807) is 37.4 Å². The summed E-state index contributed by atoms with van der Waals surface area (Å²) in [5.74, 6) is 0.0131. The van der Waals surface area contributed by atoms with Crippen LogP contribution in [0.25, 0.3) is 0 Å². The van der Waals surface area contributed by atoms with Gasteiger partial charge in [-0.25, -0.2) is 4.39 Å². The van der Waals surface area contributed by atoms with Crippen LogP contribution in [0.4, 0.5) is 4.39 Å². The minimum Gasteiger partial charge on any atom is -0.497 e. The molecular weight excluding hydrogens is 259 g/mol. The van der Waals surface area contributed by atoms with Crippen LogP contribution < -0.4 is 9.47 Å². The summed E-state index contributed by atoms with van der Waals surface area (Å²) in [7, 11) is 2.97. The number of carbonyl (C=O) groups is 1. The summed E-state index contributed by atoms with van der Waals surface area (Å²) < 4.78 is 24.0. The summed E-state index contributed by atoms with van der Waals surface area (Å²) >= 11 is 0. The number of ketones is 1. The van der Waals surface area contributed by atoms with Gasteiger partial charge in [-0.3, -0.25) is 4.79 Å². The van der Waals surface area contributed by atoms with Gasteiger partial charge >= 0.3 is 0 Å². The van der Waals surface area contributed by atoms with Gasteiger partial charge < -0.3 is 9.47 Å². The Hall–Kier alpha value is -2.36. The summed E-state index contributed by atoms with van der Waals surface area (Å²) in [5.41, 5.74) is 0.748. The molecule has 0 unspecified atom stereocenters. The number of rotatable bonds is 5. The van der Waals surface area contributed by atoms with Gasteiger partial charge in [-0.05, 0) is 29.8 Å². The molecule has 0 N–H and O–H groups in total. The van der Waals surface area contributed by atoms with Crippen molar-refractivity contribution in [2.75, 3.05) is 14.2 Å². The van der Waals surface area contributed by atoms with E-state index in [1.807, 2.05) is 0 Å². The molecule has 20 heavy (non-hydrogen) atoms. The van der Waals surface area contributed by atoms with Crippen LogP contribution in [0, 0.1) is 5.82 Å². The van der Waals surface area contributed by atoms with E-state index in [-0.39, 0.29) is 23.5 Å². The molecule has 0 atom stereocenters. The van der Waals surface area contributed by atoms with E-state index in [1.165, 1.54) is 19.2 Å². The number of methoxy groups -OCH3 is 2. The van der Waals surface area contributed by atoms with E-state index >= 15 is 0 Å². The van der Waals surface area contributed by atoms with Gasteiger partial charge in [0.2, 0.25) is 0 Å². The molecule has 104 valence electrons. The Labute approximate surface area is 117 Å². The van der Waals surface area contributed by atoms with Crippen LogP contribution in [0.15, 0.2) is 42.5 Å². The fraction of sp³-hybridized carbons (Fsp3) is 0.188. The number of hydrogen-bond acceptors (Lipinski definition) is 3. The van der Waals surface area contributed by atoms with Crippen molar-refractivity contribution in [3.63, 3.8) is 0 Å². The van der Waals surface area contributed by atoms with Crippen molar-refractivity contribution in [2.24, 2.45) is 0 Å². The van der Waals surface area contributed by atoms with Gasteiger partial charge in [0.05, 0.1) is 19.8 Å². The largest absolute Gasteiger partial charge is 0.497 e. The normalized spacial score (nSPS) is 10.2. The zero-order valence-corrected chi connectivity index (χ0v) is 11.4. The molecule has 0 amide bonds. The number of hydrogen-bond donors (Lipinski definition) is 0. The average molecular weight is 274 g/mol. The molecule has 0 aromatic heterocycles. The minimum absolute atomic E-state index is 0.0159. The summed E-state index contributed by atoms with van der Waals surface area (Å²) in [6, 6.07) is 11.5. The number of halogens is 1. The number of Topliss-reactive ketones (excluding diaryl/α,β-unsaturated/α-hetero) is 1. The molecule has 2 aromatic rings. The van der Waals surface area contributed by atoms with E-state index in [9.17, 15) is 9.18 Å². The van der Waals surface area contributed by atoms with E-state index in [2.05, 4.69) is 0 Å². The van der Waals surface area contributed by atoms with Crippen molar-refractivity contribution < 1.29 is 18.7 Å². The summed E-state index contributed by atoms with van der Waals surface area (Å²) in [6.07, 6.45) is 0.0918. The van der Waals surface area contributed by atoms with Crippen molar-refractivity contribution in [1.82, 2.24) is 0 Å². The summed E-state index contributed by atoms with van der Waals surface area (Å²) in [5, 5.41) is 0. The van der Waals surface area contributed by atoms with Gasteiger partial charge in [0.25, 0.3) is 0 Å². The second kappa shape index (κ2) is 6.19. The third-order valence-corrected chi connectivity index (χ3v) is 2.97. The molecule has 4 heteroatoms. The fourth-order valence-corrected chi connectivity index (χ4v) is 2.00. The monoisotopic (exact) mass is 274 g/mol. The highest BCUT2D eigenvalue weighted by Gasteiger charge is 2.17. The predicted octanol–water partition coefficient (Wildman–Crippen LogP) is 3.27. The van der Waals surface area contributed by atoms with E-state index in [4.69, 9.17) is 9.47 Å². The molecule has 2 rings (SSSR count). The van der Waals surface area contributed by atoms with Crippen LogP contribution in [-0.2, 0) is 6.42 Å². The van der Waals surface area contributed by atoms with Crippen LogP contribution in [0.1, 0.15) is 15.9 Å². The van der Waals surface area contributed by atoms with E-state index in [0.29, 0.717) is 5.75 Å². The molecule has 0 fully saturated rings. The van der Waals surface area contributed by atoms with Crippen LogP contribution in [0.5, 0.6) is 11.5 Å². The molecular formula is C16H15FO3. The number of benzene rings is 2. The lowest BCUT2D eigenvalue weighted by Crippen LogP contribution is -2.08. The minimum atomic E-state index is -0.572. The van der Waals surface area contributed by atoms with Crippen molar-refractivity contribution in [1.29, 1.82) is 0 Å². The van der Waals surface area contributed by atoms with Gasteiger partial charge in [0, 0.05) is 6.42 Å². The highest BCUT2D eigenvalue weighted by atomic mass is 19.1. The van der Waals surface area contributed by atoms with Gasteiger partial charge in [0.1, 0.15) is 17.3 Å². The van der Waals surface area contributed by atoms with Gasteiger partial charge in [-0.1, -0.05) is 18.2 Å². The second-order valence-corrected chi connectivity index (χ2v) is 4.27. The maximum Gasteiger partial charge on any atom is 0.173 e. The molecule has 0 heterocycles. The lowest BCUT2D eigenvalue weighted by Gasteiger charge is -2.09. The predicted molar refractivity (Wildman–Crippen MR) is 74.0 cm³/mol. The van der Waals surface area contributed by atoms with Gasteiger partial charge in [0.15, 0.2) is 5.78 Å². The first-order valence-electron chi connectivity index (χ1n) is 6.14. The molecule has 0 aliphatic rings. The first-order valence-corrected chi connectivity index (χ1v) is 6.14. The van der Waals surface area contributed by atoms with Crippen LogP contribution in [0.3, 0.4) is 0 Å². The third-order valence-electron chi connectivity index (χ3n) is 2.97. The molecule has 0 radical (unpaired) electrons. The van der Waals surface area contributed by atoms with Crippen molar-refractivity contribution >= 4 is 5.78 Å². The first-order chi connectivity index (χ1) is 9.65. The van der Waals surface area contributed by atoms with Crippen molar-refractivity contribution in [3.8, 4) is 11.5 Å². The van der Waals surface area contributed by atoms with E-state index < -0.39 is 5.82 Å². The molecule has 0 spiro atoms. The zero-order chi connectivity index (χ0) is 14.5. The Balaban J connectivity index is 2.28. The molecule has 0 saturated carbocycles. The molecule has 0 aliphatic heterocycles. The van der Waals surface area contributed by atoms with Crippen LogP contribution in [-0.4, -0.2) is 20.0 Å². The third kappa shape index (κ3) is 2.96.